The molecule has 0 radical (unpaired) electrons. The maximum atomic E-state index is 13.0. The lowest BCUT2D eigenvalue weighted by Crippen LogP contribution is -2.44. The highest BCUT2D eigenvalue weighted by Crippen LogP contribution is 2.25. The summed E-state index contributed by atoms with van der Waals surface area (Å²) in [5.41, 5.74) is 6.98. The number of benzene rings is 1. The van der Waals surface area contributed by atoms with Gasteiger partial charge in [0, 0.05) is 19.6 Å². The van der Waals surface area contributed by atoms with Gasteiger partial charge in [-0.3, -0.25) is 9.79 Å². The molecule has 1 heterocycles. The Labute approximate surface area is 149 Å². The van der Waals surface area contributed by atoms with E-state index in [1.165, 1.54) is 19.3 Å². The van der Waals surface area contributed by atoms with Crippen molar-refractivity contribution < 1.29 is 9.53 Å². The van der Waals surface area contributed by atoms with Gasteiger partial charge in [-0.1, -0.05) is 36.8 Å². The molecular weight excluding hydrogens is 316 g/mol. The molecule has 2 fully saturated rings. The maximum Gasteiger partial charge on any atom is 0.232 e. The zero-order valence-electron chi connectivity index (χ0n) is 14.7. The second-order valence-corrected chi connectivity index (χ2v) is 6.80. The van der Waals surface area contributed by atoms with Crippen LogP contribution in [0.2, 0.25) is 0 Å². The molecule has 1 atom stereocenters. The number of nitrogens with one attached hydrogen (secondary N) is 1. The summed E-state index contributed by atoms with van der Waals surface area (Å²) in [6.45, 7) is 3.72. The number of amides is 1. The number of hydrogen-bond donors (Lipinski definition) is 2. The van der Waals surface area contributed by atoms with Crippen LogP contribution in [-0.2, 0) is 9.53 Å². The van der Waals surface area contributed by atoms with E-state index in [1.54, 1.807) is 0 Å². The SMILES string of the molecule is NC(=NCC(C(=O)N1CCOCC1)c1ccccc1)NCC1CCC1. The third kappa shape index (κ3) is 4.95. The summed E-state index contributed by atoms with van der Waals surface area (Å²) in [5.74, 6) is 0.949. The maximum absolute atomic E-state index is 13.0. The molecule has 1 saturated heterocycles. The number of carbonyl (C=O) groups excluding carboxylic acids is 1. The molecule has 1 aromatic rings. The molecule has 0 aromatic heterocycles. The molecule has 6 nitrogen and oxygen atoms in total. The van der Waals surface area contributed by atoms with Gasteiger partial charge < -0.3 is 20.7 Å². The van der Waals surface area contributed by atoms with Gasteiger partial charge in [-0.05, 0) is 24.3 Å². The molecular formula is C19H28N4O2. The lowest BCUT2D eigenvalue weighted by Gasteiger charge is -2.30. The standard InChI is InChI=1S/C19H28N4O2/c20-19(21-13-15-5-4-6-15)22-14-17(16-7-2-1-3-8-16)18(24)23-9-11-25-12-10-23/h1-3,7-8,15,17H,4-6,9-14H2,(H3,20,21,22). The first-order valence-electron chi connectivity index (χ1n) is 9.19. The monoisotopic (exact) mass is 344 g/mol. The van der Waals surface area contributed by atoms with Gasteiger partial charge in [-0.25, -0.2) is 0 Å². The fourth-order valence-electron chi connectivity index (χ4n) is 3.21. The molecule has 1 amide bonds. The predicted molar refractivity (Wildman–Crippen MR) is 98.4 cm³/mol. The van der Waals surface area contributed by atoms with E-state index in [0.717, 1.165) is 12.1 Å². The minimum atomic E-state index is -0.302. The van der Waals surface area contributed by atoms with Gasteiger partial charge in [0.2, 0.25) is 5.91 Å². The average molecular weight is 344 g/mol. The topological polar surface area (TPSA) is 80.0 Å². The van der Waals surface area contributed by atoms with Gasteiger partial charge in [-0.15, -0.1) is 0 Å². The molecule has 2 aliphatic rings. The van der Waals surface area contributed by atoms with Crippen molar-refractivity contribution in [2.45, 2.75) is 25.2 Å². The largest absolute Gasteiger partial charge is 0.378 e. The third-order valence-electron chi connectivity index (χ3n) is 5.06. The van der Waals surface area contributed by atoms with E-state index in [9.17, 15) is 4.79 Å². The Balaban J connectivity index is 1.64. The number of rotatable bonds is 6. The van der Waals surface area contributed by atoms with E-state index < -0.39 is 0 Å². The zero-order valence-corrected chi connectivity index (χ0v) is 14.7. The van der Waals surface area contributed by atoms with Crippen molar-refractivity contribution in [3.63, 3.8) is 0 Å². The van der Waals surface area contributed by atoms with E-state index in [-0.39, 0.29) is 11.8 Å². The number of aliphatic imine (C=N–C) groups is 1. The van der Waals surface area contributed by atoms with E-state index in [2.05, 4.69) is 10.3 Å². The van der Waals surface area contributed by atoms with Crippen molar-refractivity contribution in [1.29, 1.82) is 0 Å². The summed E-state index contributed by atoms with van der Waals surface area (Å²) in [6.07, 6.45) is 3.85. The molecule has 25 heavy (non-hydrogen) atoms. The van der Waals surface area contributed by atoms with Crippen molar-refractivity contribution in [2.24, 2.45) is 16.6 Å². The predicted octanol–water partition coefficient (Wildman–Crippen LogP) is 1.33. The van der Waals surface area contributed by atoms with E-state index in [1.807, 2.05) is 35.2 Å². The Kier molecular flexibility index (Phi) is 6.28. The van der Waals surface area contributed by atoms with Gasteiger partial charge in [0.05, 0.1) is 25.7 Å². The first-order chi connectivity index (χ1) is 12.2. The first kappa shape index (κ1) is 17.7. The Bertz CT molecular complexity index is 580. The number of carbonyl (C=O) groups is 1. The van der Waals surface area contributed by atoms with Gasteiger partial charge in [0.1, 0.15) is 0 Å². The van der Waals surface area contributed by atoms with Crippen LogP contribution in [0.5, 0.6) is 0 Å². The highest BCUT2D eigenvalue weighted by Gasteiger charge is 2.27. The summed E-state index contributed by atoms with van der Waals surface area (Å²) < 4.78 is 5.35. The van der Waals surface area contributed by atoms with Crippen LogP contribution >= 0.6 is 0 Å². The van der Waals surface area contributed by atoms with Crippen LogP contribution in [-0.4, -0.2) is 56.2 Å². The van der Waals surface area contributed by atoms with Crippen LogP contribution < -0.4 is 11.1 Å². The Morgan fingerprint density at radius 2 is 2.00 bits per heavy atom. The zero-order chi connectivity index (χ0) is 17.5. The molecule has 0 bridgehead atoms. The quantitative estimate of drug-likeness (QED) is 0.603. The summed E-state index contributed by atoms with van der Waals surface area (Å²) in [6, 6.07) is 9.83. The normalized spacial score (nSPS) is 20.0. The number of ether oxygens (including phenoxy) is 1. The smallest absolute Gasteiger partial charge is 0.232 e. The molecule has 136 valence electrons. The van der Waals surface area contributed by atoms with E-state index >= 15 is 0 Å². The summed E-state index contributed by atoms with van der Waals surface area (Å²) in [4.78, 5) is 19.3. The Hall–Kier alpha value is -2.08. The van der Waals surface area contributed by atoms with Crippen LogP contribution in [0.3, 0.4) is 0 Å². The highest BCUT2D eigenvalue weighted by atomic mass is 16.5. The molecule has 3 N–H and O–H groups in total. The second kappa shape index (κ2) is 8.85. The number of guanidine groups is 1. The van der Waals surface area contributed by atoms with Crippen molar-refractivity contribution in [2.75, 3.05) is 39.4 Å². The summed E-state index contributed by atoms with van der Waals surface area (Å²) in [5, 5.41) is 3.19. The van der Waals surface area contributed by atoms with Crippen LogP contribution in [0.4, 0.5) is 0 Å². The summed E-state index contributed by atoms with van der Waals surface area (Å²) in [7, 11) is 0. The van der Waals surface area contributed by atoms with Gasteiger partial charge in [-0.2, -0.15) is 0 Å². The average Bonchev–Trinajstić information content (AvgIpc) is 2.62. The van der Waals surface area contributed by atoms with Gasteiger partial charge >= 0.3 is 0 Å². The first-order valence-corrected chi connectivity index (χ1v) is 9.19. The number of hydrogen-bond acceptors (Lipinski definition) is 3. The third-order valence-corrected chi connectivity index (χ3v) is 5.06. The Morgan fingerprint density at radius 1 is 1.28 bits per heavy atom. The van der Waals surface area contributed by atoms with Crippen molar-refractivity contribution in [3.05, 3.63) is 35.9 Å². The molecule has 1 saturated carbocycles. The lowest BCUT2D eigenvalue weighted by atomic mass is 9.85. The number of morpholine rings is 1. The molecule has 6 heteroatoms. The van der Waals surface area contributed by atoms with Crippen LogP contribution in [0.15, 0.2) is 35.3 Å². The molecule has 1 aliphatic heterocycles. The van der Waals surface area contributed by atoms with Gasteiger partial charge in [0.15, 0.2) is 5.96 Å². The molecule has 1 aromatic carbocycles. The molecule has 1 unspecified atom stereocenters. The fourth-order valence-corrected chi connectivity index (χ4v) is 3.21. The molecule has 0 spiro atoms. The summed E-state index contributed by atoms with van der Waals surface area (Å²) >= 11 is 0. The Morgan fingerprint density at radius 3 is 2.64 bits per heavy atom. The minimum Gasteiger partial charge on any atom is -0.378 e. The van der Waals surface area contributed by atoms with Crippen molar-refractivity contribution >= 4 is 11.9 Å². The molecule has 3 rings (SSSR count). The number of nitrogens with two attached hydrogens (primary N) is 1. The van der Waals surface area contributed by atoms with Crippen LogP contribution in [0.25, 0.3) is 0 Å². The van der Waals surface area contributed by atoms with E-state index in [4.69, 9.17) is 10.5 Å². The second-order valence-electron chi connectivity index (χ2n) is 6.80. The van der Waals surface area contributed by atoms with Crippen molar-refractivity contribution in [3.8, 4) is 0 Å². The lowest BCUT2D eigenvalue weighted by molar-refractivity contribution is -0.136. The van der Waals surface area contributed by atoms with Crippen molar-refractivity contribution in [1.82, 2.24) is 10.2 Å². The number of nitrogens with zero attached hydrogens (tertiary/aromatic N) is 2. The highest BCUT2D eigenvalue weighted by molar-refractivity contribution is 5.85. The minimum absolute atomic E-state index is 0.102. The van der Waals surface area contributed by atoms with Crippen LogP contribution in [0.1, 0.15) is 30.7 Å². The van der Waals surface area contributed by atoms with Gasteiger partial charge in [0.25, 0.3) is 0 Å². The van der Waals surface area contributed by atoms with E-state index in [0.29, 0.717) is 44.7 Å². The van der Waals surface area contributed by atoms with Crippen LogP contribution in [0, 0.1) is 5.92 Å². The molecule has 1 aliphatic carbocycles. The fraction of sp³-hybridized carbons (Fsp3) is 0.579.